The maximum atomic E-state index is 8.91. The van der Waals surface area contributed by atoms with Crippen LogP contribution in [0.15, 0.2) is 18.2 Å². The van der Waals surface area contributed by atoms with E-state index < -0.39 is 0 Å². The summed E-state index contributed by atoms with van der Waals surface area (Å²) in [6.07, 6.45) is 1.41. The molecule has 0 bridgehead atoms. The molecule has 0 aliphatic carbocycles. The van der Waals surface area contributed by atoms with E-state index in [-0.39, 0.29) is 12.6 Å². The molecule has 0 aromatic heterocycles. The number of benzene rings is 1. The van der Waals surface area contributed by atoms with Crippen LogP contribution in [0.3, 0.4) is 0 Å². The van der Waals surface area contributed by atoms with Crippen molar-refractivity contribution in [2.45, 2.75) is 18.9 Å². The van der Waals surface area contributed by atoms with Crippen LogP contribution in [-0.4, -0.2) is 24.9 Å². The topological polar surface area (TPSA) is 64.7 Å². The molecule has 0 saturated heterocycles. The Morgan fingerprint density at radius 2 is 2.12 bits per heavy atom. The van der Waals surface area contributed by atoms with Gasteiger partial charge < -0.3 is 20.3 Å². The van der Waals surface area contributed by atoms with Crippen LogP contribution in [0, 0.1) is 0 Å². The van der Waals surface area contributed by atoms with E-state index in [1.807, 2.05) is 18.2 Å². The second-order valence-corrected chi connectivity index (χ2v) is 3.84. The molecule has 4 nitrogen and oxygen atoms in total. The van der Waals surface area contributed by atoms with Gasteiger partial charge in [-0.1, -0.05) is 12.1 Å². The highest BCUT2D eigenvalue weighted by molar-refractivity contribution is 5.48. The van der Waals surface area contributed by atoms with E-state index in [0.29, 0.717) is 19.6 Å². The van der Waals surface area contributed by atoms with Gasteiger partial charge in [0.25, 0.3) is 0 Å². The number of fused-ring (bicyclic) bond motifs is 1. The molecule has 4 heteroatoms. The van der Waals surface area contributed by atoms with E-state index in [1.54, 1.807) is 0 Å². The minimum absolute atomic E-state index is 0.0751. The molecular weight excluding hydrogens is 206 g/mol. The number of hydrogen-bond donors (Lipinski definition) is 2. The van der Waals surface area contributed by atoms with Gasteiger partial charge in [-0.25, -0.2) is 0 Å². The van der Waals surface area contributed by atoms with Crippen LogP contribution in [0.25, 0.3) is 0 Å². The summed E-state index contributed by atoms with van der Waals surface area (Å²) in [5.74, 6) is 1.49. The van der Waals surface area contributed by atoms with Crippen molar-refractivity contribution in [1.82, 2.24) is 0 Å². The number of ether oxygens (including phenoxy) is 2. The lowest BCUT2D eigenvalue weighted by molar-refractivity contribution is 0.272. The maximum Gasteiger partial charge on any atom is 0.165 e. The molecule has 1 aromatic rings. The highest BCUT2D eigenvalue weighted by Crippen LogP contribution is 2.36. The van der Waals surface area contributed by atoms with Crippen LogP contribution in [0.5, 0.6) is 11.5 Å². The number of aliphatic hydroxyl groups excluding tert-OH is 1. The Bertz CT molecular complexity index is 354. The lowest BCUT2D eigenvalue weighted by Gasteiger charge is -2.16. The Hall–Kier alpha value is -1.26. The van der Waals surface area contributed by atoms with Crippen molar-refractivity contribution in [3.05, 3.63) is 23.8 Å². The predicted octanol–water partition coefficient (Wildman–Crippen LogP) is 1.23. The molecule has 1 aliphatic heterocycles. The zero-order valence-electron chi connectivity index (χ0n) is 9.19. The van der Waals surface area contributed by atoms with Gasteiger partial charge in [0, 0.05) is 24.6 Å². The van der Waals surface area contributed by atoms with E-state index in [2.05, 4.69) is 0 Å². The summed E-state index contributed by atoms with van der Waals surface area (Å²) in [4.78, 5) is 0. The van der Waals surface area contributed by atoms with Crippen LogP contribution >= 0.6 is 0 Å². The van der Waals surface area contributed by atoms with Gasteiger partial charge in [-0.15, -0.1) is 0 Å². The second kappa shape index (κ2) is 5.18. The largest absolute Gasteiger partial charge is 0.490 e. The normalized spacial score (nSPS) is 16.6. The molecular formula is C12H17NO3. The average molecular weight is 223 g/mol. The fourth-order valence-electron chi connectivity index (χ4n) is 1.80. The predicted molar refractivity (Wildman–Crippen MR) is 60.7 cm³/mol. The van der Waals surface area contributed by atoms with Crippen LogP contribution in [-0.2, 0) is 0 Å². The molecule has 2 rings (SSSR count). The summed E-state index contributed by atoms with van der Waals surface area (Å²) in [5, 5.41) is 8.91. The van der Waals surface area contributed by atoms with Gasteiger partial charge in [-0.2, -0.15) is 0 Å². The Labute approximate surface area is 95.0 Å². The molecule has 0 radical (unpaired) electrons. The zero-order valence-corrected chi connectivity index (χ0v) is 9.19. The lowest BCUT2D eigenvalue weighted by Crippen LogP contribution is -2.13. The highest BCUT2D eigenvalue weighted by atomic mass is 16.5. The summed E-state index contributed by atoms with van der Waals surface area (Å²) in [6, 6.07) is 5.51. The molecule has 0 fully saturated rings. The fraction of sp³-hybridized carbons (Fsp3) is 0.500. The van der Waals surface area contributed by atoms with Crippen LogP contribution in [0.1, 0.15) is 24.4 Å². The van der Waals surface area contributed by atoms with Crippen molar-refractivity contribution in [1.29, 1.82) is 0 Å². The lowest BCUT2D eigenvalue weighted by atomic mass is 10.0. The van der Waals surface area contributed by atoms with Gasteiger partial charge in [0.1, 0.15) is 0 Å². The van der Waals surface area contributed by atoms with Gasteiger partial charge in [0.2, 0.25) is 0 Å². The third-order valence-corrected chi connectivity index (χ3v) is 2.64. The molecule has 3 N–H and O–H groups in total. The fourth-order valence-corrected chi connectivity index (χ4v) is 1.80. The van der Waals surface area contributed by atoms with Gasteiger partial charge >= 0.3 is 0 Å². The Kier molecular flexibility index (Phi) is 3.64. The van der Waals surface area contributed by atoms with Crippen molar-refractivity contribution < 1.29 is 14.6 Å². The quantitative estimate of drug-likeness (QED) is 0.809. The molecule has 88 valence electrons. The number of aliphatic hydroxyl groups is 1. The molecule has 16 heavy (non-hydrogen) atoms. The maximum absolute atomic E-state index is 8.91. The van der Waals surface area contributed by atoms with Crippen LogP contribution in [0.4, 0.5) is 0 Å². The molecule has 1 unspecified atom stereocenters. The summed E-state index contributed by atoms with van der Waals surface area (Å²) < 4.78 is 11.2. The Morgan fingerprint density at radius 3 is 2.94 bits per heavy atom. The van der Waals surface area contributed by atoms with Gasteiger partial charge in [0.15, 0.2) is 11.5 Å². The number of nitrogens with two attached hydrogens (primary N) is 1. The zero-order chi connectivity index (χ0) is 11.4. The van der Waals surface area contributed by atoms with Gasteiger partial charge in [-0.05, 0) is 12.5 Å². The molecule has 0 spiro atoms. The van der Waals surface area contributed by atoms with Gasteiger partial charge in [0.05, 0.1) is 13.2 Å². The standard InChI is InChI=1S/C12H17NO3/c13-10(5-6-14)9-3-1-4-11-12(9)16-8-2-7-15-11/h1,3-4,10,14H,2,5-8,13H2. The summed E-state index contributed by atoms with van der Waals surface area (Å²) in [5.41, 5.74) is 6.90. The summed E-state index contributed by atoms with van der Waals surface area (Å²) in [7, 11) is 0. The second-order valence-electron chi connectivity index (χ2n) is 3.84. The Balaban J connectivity index is 2.30. The third-order valence-electron chi connectivity index (χ3n) is 2.64. The smallest absolute Gasteiger partial charge is 0.165 e. The number of hydrogen-bond acceptors (Lipinski definition) is 4. The molecule has 1 atom stereocenters. The molecule has 0 saturated carbocycles. The molecule has 1 heterocycles. The third kappa shape index (κ3) is 2.28. The Morgan fingerprint density at radius 1 is 1.31 bits per heavy atom. The minimum atomic E-state index is -0.207. The molecule has 0 amide bonds. The first-order valence-electron chi connectivity index (χ1n) is 5.58. The van der Waals surface area contributed by atoms with Gasteiger partial charge in [-0.3, -0.25) is 0 Å². The first kappa shape index (κ1) is 11.2. The SMILES string of the molecule is NC(CCO)c1cccc2c1OCCCO2. The summed E-state index contributed by atoms with van der Waals surface area (Å²) in [6.45, 7) is 1.40. The first-order valence-corrected chi connectivity index (χ1v) is 5.58. The number of para-hydroxylation sites is 1. The van der Waals surface area contributed by atoms with E-state index in [9.17, 15) is 0 Å². The monoisotopic (exact) mass is 223 g/mol. The molecule has 1 aliphatic rings. The van der Waals surface area contributed by atoms with Crippen LogP contribution < -0.4 is 15.2 Å². The minimum Gasteiger partial charge on any atom is -0.490 e. The highest BCUT2D eigenvalue weighted by Gasteiger charge is 2.18. The first-order chi connectivity index (χ1) is 7.83. The molecule has 1 aromatic carbocycles. The van der Waals surface area contributed by atoms with E-state index in [1.165, 1.54) is 0 Å². The van der Waals surface area contributed by atoms with Crippen molar-refractivity contribution in [2.24, 2.45) is 5.73 Å². The summed E-state index contributed by atoms with van der Waals surface area (Å²) >= 11 is 0. The van der Waals surface area contributed by atoms with Crippen LogP contribution in [0.2, 0.25) is 0 Å². The van der Waals surface area contributed by atoms with Crippen molar-refractivity contribution >= 4 is 0 Å². The van der Waals surface area contributed by atoms with E-state index in [0.717, 1.165) is 23.5 Å². The van der Waals surface area contributed by atoms with Crippen molar-refractivity contribution in [3.63, 3.8) is 0 Å². The van der Waals surface area contributed by atoms with Crippen molar-refractivity contribution in [2.75, 3.05) is 19.8 Å². The van der Waals surface area contributed by atoms with E-state index in [4.69, 9.17) is 20.3 Å². The van der Waals surface area contributed by atoms with Crippen molar-refractivity contribution in [3.8, 4) is 11.5 Å². The number of rotatable bonds is 3. The van der Waals surface area contributed by atoms with E-state index >= 15 is 0 Å². The average Bonchev–Trinajstić information content (AvgIpc) is 2.53.